The smallest absolute Gasteiger partial charge is 0.410 e. The Morgan fingerprint density at radius 3 is 1.22 bits per heavy atom. The molecule has 2 heterocycles. The molecule has 556 valence electrons. The quantitative estimate of drug-likeness (QED) is 0.0469. The number of amides is 9. The zero-order valence-corrected chi connectivity index (χ0v) is 63.6. The van der Waals surface area contributed by atoms with Gasteiger partial charge in [0.05, 0.1) is 19.1 Å². The molecule has 0 aromatic heterocycles. The van der Waals surface area contributed by atoms with Crippen LogP contribution in [0.5, 0.6) is 0 Å². The summed E-state index contributed by atoms with van der Waals surface area (Å²) in [6.07, 6.45) is 2.20. The molecule has 4 aromatic rings. The lowest BCUT2D eigenvalue weighted by molar-refractivity contribution is -0.144. The molecule has 3 N–H and O–H groups in total. The van der Waals surface area contributed by atoms with Crippen molar-refractivity contribution in [1.82, 2.24) is 45.3 Å². The summed E-state index contributed by atoms with van der Waals surface area (Å²) >= 11 is 10.4. The summed E-state index contributed by atoms with van der Waals surface area (Å²) in [5.74, 6) is -3.88. The molecular formula is C77H105Cl2N9O14. The van der Waals surface area contributed by atoms with Gasteiger partial charge in [0.2, 0.25) is 29.5 Å². The lowest BCUT2D eigenvalue weighted by Crippen LogP contribution is -2.60. The summed E-state index contributed by atoms with van der Waals surface area (Å²) in [5.41, 5.74) is 0.167. The third kappa shape index (κ3) is 26.0. The summed E-state index contributed by atoms with van der Waals surface area (Å²) in [6, 6.07) is 27.5. The van der Waals surface area contributed by atoms with E-state index in [0.29, 0.717) is 75.8 Å². The standard InChI is InChI=1S/C69H101N9O12.C8H4Cl2O2/c1-46(73(15)64(87)89-68(9,10)11)55(79)41-54(66(3,4)5)62(85)77-37-23-29-52(77)44-75(39-35-48-25-19-17-20-26-48)56(80)42-70-60(83)50-31-33-51(34-32-50)61(84)71-43-57(81)76(40-36-49-27-21-18-22-28-49)45-53-30-24-38-78(53)63(86)58(67(6,7)8)72-59(82)47(2)74(16)65(88)90-69(12,13)14;9-7(11)5-1-2-6(4-3-5)8(10)12/h17-22,25-28,31-34,46-47,52-54,58H,23-24,29-30,35-45H2,1-16H3,(H,70,83)(H,71,84)(H,72,82);1-4H/t46-,47-,52-,53-,54+,58+;/m0./s1. The van der Waals surface area contributed by atoms with E-state index >= 15 is 0 Å². The molecule has 0 radical (unpaired) electrons. The van der Waals surface area contributed by atoms with Crippen molar-refractivity contribution in [2.75, 3.05) is 66.5 Å². The number of ketones is 1. The Morgan fingerprint density at radius 1 is 0.500 bits per heavy atom. The van der Waals surface area contributed by atoms with Gasteiger partial charge < -0.3 is 49.9 Å². The predicted octanol–water partition coefficient (Wildman–Crippen LogP) is 10.4. The van der Waals surface area contributed by atoms with E-state index in [1.54, 1.807) is 75.0 Å². The van der Waals surface area contributed by atoms with Crippen LogP contribution in [0.4, 0.5) is 9.59 Å². The molecule has 6 atom stereocenters. The first-order chi connectivity index (χ1) is 47.6. The second kappa shape index (κ2) is 37.5. The van der Waals surface area contributed by atoms with Crippen LogP contribution >= 0.6 is 23.2 Å². The number of likely N-dealkylation sites (tertiary alicyclic amines) is 2. The number of halogens is 2. The van der Waals surface area contributed by atoms with Crippen molar-refractivity contribution in [1.29, 1.82) is 0 Å². The maximum absolute atomic E-state index is 14.6. The van der Waals surface area contributed by atoms with E-state index in [2.05, 4.69) is 16.0 Å². The monoisotopic (exact) mass is 1450 g/mol. The zero-order chi connectivity index (χ0) is 76.2. The molecule has 102 heavy (non-hydrogen) atoms. The fourth-order valence-corrected chi connectivity index (χ4v) is 11.9. The Morgan fingerprint density at radius 2 is 0.863 bits per heavy atom. The Labute approximate surface area is 611 Å². The fourth-order valence-electron chi connectivity index (χ4n) is 11.6. The van der Waals surface area contributed by atoms with Gasteiger partial charge in [-0.1, -0.05) is 102 Å². The number of benzene rings is 4. The molecule has 2 aliphatic heterocycles. The van der Waals surface area contributed by atoms with E-state index in [1.807, 2.05) is 102 Å². The molecule has 0 bridgehead atoms. The molecule has 0 saturated carbocycles. The van der Waals surface area contributed by atoms with Crippen LogP contribution in [0.1, 0.15) is 182 Å². The van der Waals surface area contributed by atoms with E-state index in [9.17, 15) is 57.5 Å². The first-order valence-corrected chi connectivity index (χ1v) is 35.5. The molecular weight excluding hydrogens is 1350 g/mol. The molecule has 0 spiro atoms. The number of Topliss-reactive ketones (excluding diaryl/α,β-unsaturated/α-hetero) is 1. The second-order valence-corrected chi connectivity index (χ2v) is 31.0. The van der Waals surface area contributed by atoms with E-state index in [0.717, 1.165) is 11.1 Å². The molecule has 0 aliphatic carbocycles. The summed E-state index contributed by atoms with van der Waals surface area (Å²) < 4.78 is 11.0. The third-order valence-corrected chi connectivity index (χ3v) is 18.4. The molecule has 4 aromatic carbocycles. The molecule has 0 unspecified atom stereocenters. The maximum Gasteiger partial charge on any atom is 0.410 e. The number of nitrogens with zero attached hydrogens (tertiary/aromatic N) is 6. The average Bonchev–Trinajstić information content (AvgIpc) is 1.48. The highest BCUT2D eigenvalue weighted by Gasteiger charge is 2.44. The van der Waals surface area contributed by atoms with Crippen molar-refractivity contribution >= 4 is 93.0 Å². The molecule has 25 heteroatoms. The second-order valence-electron chi connectivity index (χ2n) is 30.3. The normalized spacial score (nSPS) is 15.7. The lowest BCUT2D eigenvalue weighted by Gasteiger charge is -2.38. The zero-order valence-electron chi connectivity index (χ0n) is 62.1. The summed E-state index contributed by atoms with van der Waals surface area (Å²) in [6.45, 7) is 26.0. The van der Waals surface area contributed by atoms with Crippen LogP contribution in [0.15, 0.2) is 109 Å². The summed E-state index contributed by atoms with van der Waals surface area (Å²) in [7, 11) is 2.98. The van der Waals surface area contributed by atoms with Gasteiger partial charge in [0.1, 0.15) is 23.3 Å². The van der Waals surface area contributed by atoms with Gasteiger partial charge in [-0.05, 0) is 188 Å². The number of carbonyl (C=O) groups is 12. The van der Waals surface area contributed by atoms with E-state index < -0.39 is 92.5 Å². The van der Waals surface area contributed by atoms with Crippen LogP contribution < -0.4 is 16.0 Å². The largest absolute Gasteiger partial charge is 0.444 e. The SMILES string of the molecule is C[C@@H](C(=O)C[C@H](C(=O)N1CCC[C@H]1CN(CCc1ccccc1)C(=O)CNC(=O)c1ccc(C(=O)NCC(=O)N(CCc2ccccc2)C[C@@H]2CCCN2C(=O)[C@@H](NC(=O)[C@H](C)N(C)C(=O)OC(C)(C)C)C(C)(C)C)cc1)C(C)(C)C)N(C)C(=O)OC(C)(C)C.O=C(Cl)c1ccc(C(=O)Cl)cc1. The third-order valence-electron chi connectivity index (χ3n) is 18.0. The van der Waals surface area contributed by atoms with Gasteiger partial charge in [-0.2, -0.15) is 0 Å². The van der Waals surface area contributed by atoms with Crippen molar-refractivity contribution in [3.8, 4) is 0 Å². The van der Waals surface area contributed by atoms with Gasteiger partial charge in [0.15, 0.2) is 5.78 Å². The maximum atomic E-state index is 14.6. The van der Waals surface area contributed by atoms with Crippen LogP contribution in [0.3, 0.4) is 0 Å². The van der Waals surface area contributed by atoms with Gasteiger partial charge in [0.25, 0.3) is 22.3 Å². The fraction of sp³-hybridized carbons (Fsp3) is 0.532. The topological polar surface area (TPSA) is 279 Å². The predicted molar refractivity (Wildman–Crippen MR) is 392 cm³/mol. The van der Waals surface area contributed by atoms with Gasteiger partial charge in [0, 0.05) is 100 Å². The van der Waals surface area contributed by atoms with Crippen molar-refractivity contribution in [2.24, 2.45) is 16.7 Å². The highest BCUT2D eigenvalue weighted by atomic mass is 35.5. The highest BCUT2D eigenvalue weighted by Crippen LogP contribution is 2.35. The van der Waals surface area contributed by atoms with Crippen LogP contribution in [-0.2, 0) is 51.1 Å². The number of rotatable bonds is 27. The minimum atomic E-state index is -0.967. The molecule has 2 fully saturated rings. The van der Waals surface area contributed by atoms with Gasteiger partial charge in [-0.3, -0.25) is 52.8 Å². The van der Waals surface area contributed by atoms with Crippen molar-refractivity contribution < 1.29 is 67.0 Å². The van der Waals surface area contributed by atoms with Crippen molar-refractivity contribution in [2.45, 2.75) is 183 Å². The highest BCUT2D eigenvalue weighted by molar-refractivity contribution is 6.68. The Balaban J connectivity index is 0.00000141. The summed E-state index contributed by atoms with van der Waals surface area (Å²) in [5, 5.41) is 7.30. The van der Waals surface area contributed by atoms with E-state index in [4.69, 9.17) is 32.7 Å². The average molecular weight is 1450 g/mol. The molecule has 23 nitrogen and oxygen atoms in total. The van der Waals surface area contributed by atoms with Crippen LogP contribution in [0.25, 0.3) is 0 Å². The minimum Gasteiger partial charge on any atom is -0.444 e. The molecule has 9 amide bonds. The van der Waals surface area contributed by atoms with E-state index in [1.165, 1.54) is 72.4 Å². The summed E-state index contributed by atoms with van der Waals surface area (Å²) in [4.78, 5) is 169. The number of hydrogen-bond acceptors (Lipinski definition) is 14. The van der Waals surface area contributed by atoms with Gasteiger partial charge in [-0.25, -0.2) is 9.59 Å². The Kier molecular flexibility index (Phi) is 30.8. The number of likely N-dealkylation sites (N-methyl/N-ethyl adjacent to an activating group) is 2. The van der Waals surface area contributed by atoms with E-state index in [-0.39, 0.29) is 79.2 Å². The Bertz CT molecular complexity index is 3340. The number of hydrogen-bond donors (Lipinski definition) is 3. The molecule has 6 rings (SSSR count). The van der Waals surface area contributed by atoms with Crippen molar-refractivity contribution in [3.05, 3.63) is 143 Å². The van der Waals surface area contributed by atoms with Crippen LogP contribution in [0, 0.1) is 16.7 Å². The Hall–Kier alpha value is -8.70. The van der Waals surface area contributed by atoms with Crippen LogP contribution in [-0.4, -0.2) is 207 Å². The number of carbonyl (C=O) groups excluding carboxylic acids is 12. The van der Waals surface area contributed by atoms with Crippen molar-refractivity contribution in [3.63, 3.8) is 0 Å². The number of ether oxygens (including phenoxy) is 2. The van der Waals surface area contributed by atoms with Gasteiger partial charge in [-0.15, -0.1) is 0 Å². The minimum absolute atomic E-state index is 0.0978. The van der Waals surface area contributed by atoms with Crippen LogP contribution in [0.2, 0.25) is 0 Å². The molecule has 2 aliphatic rings. The molecule has 2 saturated heterocycles. The lowest BCUT2D eigenvalue weighted by atomic mass is 9.76. The first kappa shape index (κ1) is 84.0. The van der Waals surface area contributed by atoms with Gasteiger partial charge >= 0.3 is 12.2 Å². The number of nitrogens with one attached hydrogen (secondary N) is 3. The first-order valence-electron chi connectivity index (χ1n) is 34.7.